The van der Waals surface area contributed by atoms with E-state index < -0.39 is 11.9 Å². The summed E-state index contributed by atoms with van der Waals surface area (Å²) in [6.45, 7) is 3.28. The number of piperidine rings is 2. The molecule has 2 amide bonds. The van der Waals surface area contributed by atoms with Crippen LogP contribution in [-0.2, 0) is 19.1 Å². The average Bonchev–Trinajstić information content (AvgIpc) is 2.72. The molecule has 2 saturated heterocycles. The molecule has 28 heavy (non-hydrogen) atoms. The van der Waals surface area contributed by atoms with Crippen LogP contribution in [0.15, 0.2) is 0 Å². The number of likely N-dealkylation sites (tertiary alicyclic amines) is 1. The lowest BCUT2D eigenvalue weighted by Gasteiger charge is -2.33. The minimum absolute atomic E-state index is 0. The van der Waals surface area contributed by atoms with Crippen molar-refractivity contribution in [2.45, 2.75) is 38.5 Å². The molecule has 2 atom stereocenters. The second-order valence-electron chi connectivity index (χ2n) is 7.40. The summed E-state index contributed by atoms with van der Waals surface area (Å²) in [5.41, 5.74) is 0. The van der Waals surface area contributed by atoms with Crippen LogP contribution < -0.4 is 10.6 Å². The zero-order valence-corrected chi connectivity index (χ0v) is 17.4. The highest BCUT2D eigenvalue weighted by Gasteiger charge is 2.29. The molecule has 0 bridgehead atoms. The molecule has 2 heterocycles. The highest BCUT2D eigenvalue weighted by atomic mass is 35.5. The van der Waals surface area contributed by atoms with Crippen LogP contribution in [0.2, 0.25) is 0 Å². The molecule has 2 aliphatic rings. The van der Waals surface area contributed by atoms with Crippen molar-refractivity contribution in [3.63, 3.8) is 0 Å². The fourth-order valence-electron chi connectivity index (χ4n) is 3.77. The van der Waals surface area contributed by atoms with Gasteiger partial charge in [-0.1, -0.05) is 5.92 Å². The SMILES string of the molecule is C#C[C@@H](CNC(=O)[C@@H]1CCCN(C(=O)CCC2CCNCC2)C1)C(=O)OC.Cl. The van der Waals surface area contributed by atoms with Crippen LogP contribution in [-0.4, -0.2) is 62.5 Å². The number of ether oxygens (including phenoxy) is 1. The fraction of sp³-hybridized carbons (Fsp3) is 0.750. The lowest BCUT2D eigenvalue weighted by Crippen LogP contribution is -2.46. The first kappa shape index (κ1) is 24.3. The lowest BCUT2D eigenvalue weighted by molar-refractivity contribution is -0.143. The topological polar surface area (TPSA) is 87.7 Å². The Bertz CT molecular complexity index is 572. The number of amides is 2. The molecule has 8 heteroatoms. The van der Waals surface area contributed by atoms with Crippen molar-refractivity contribution < 1.29 is 19.1 Å². The zero-order valence-electron chi connectivity index (χ0n) is 16.6. The van der Waals surface area contributed by atoms with Crippen LogP contribution in [0.5, 0.6) is 0 Å². The van der Waals surface area contributed by atoms with E-state index in [0.717, 1.165) is 45.2 Å². The van der Waals surface area contributed by atoms with Gasteiger partial charge in [-0.05, 0) is 51.1 Å². The van der Waals surface area contributed by atoms with Crippen molar-refractivity contribution in [2.24, 2.45) is 17.8 Å². The van der Waals surface area contributed by atoms with E-state index in [1.165, 1.54) is 7.11 Å². The summed E-state index contributed by atoms with van der Waals surface area (Å²) in [5, 5.41) is 6.07. The number of esters is 1. The summed E-state index contributed by atoms with van der Waals surface area (Å²) < 4.78 is 4.62. The highest BCUT2D eigenvalue weighted by Crippen LogP contribution is 2.21. The fourth-order valence-corrected chi connectivity index (χ4v) is 3.77. The van der Waals surface area contributed by atoms with Gasteiger partial charge in [0.25, 0.3) is 0 Å². The van der Waals surface area contributed by atoms with Crippen LogP contribution in [0.1, 0.15) is 38.5 Å². The number of methoxy groups -OCH3 is 1. The van der Waals surface area contributed by atoms with Gasteiger partial charge in [-0.3, -0.25) is 14.4 Å². The molecule has 0 radical (unpaired) electrons. The lowest BCUT2D eigenvalue weighted by atomic mass is 9.92. The number of hydrogen-bond acceptors (Lipinski definition) is 5. The first-order valence-corrected chi connectivity index (χ1v) is 9.85. The standard InChI is InChI=1S/C20H31N3O4.ClH/c1-3-16(20(26)27-2)13-22-19(25)17-5-4-12-23(14-17)18(24)7-6-15-8-10-21-11-9-15;/h1,15-17,21H,4-14H2,2H3,(H,22,25);1H/t16-,17+;/m0./s1. The summed E-state index contributed by atoms with van der Waals surface area (Å²) in [6, 6.07) is 0. The van der Waals surface area contributed by atoms with E-state index in [1.807, 2.05) is 4.90 Å². The summed E-state index contributed by atoms with van der Waals surface area (Å²) in [7, 11) is 1.27. The maximum atomic E-state index is 12.5. The number of terminal acetylenes is 1. The minimum Gasteiger partial charge on any atom is -0.468 e. The molecule has 0 spiro atoms. The van der Waals surface area contributed by atoms with E-state index >= 15 is 0 Å². The molecule has 2 rings (SSSR count). The number of carbonyl (C=O) groups excluding carboxylic acids is 3. The Morgan fingerprint density at radius 3 is 2.64 bits per heavy atom. The molecule has 0 aromatic carbocycles. The van der Waals surface area contributed by atoms with Crippen LogP contribution in [0.25, 0.3) is 0 Å². The second-order valence-corrected chi connectivity index (χ2v) is 7.40. The molecular weight excluding hydrogens is 382 g/mol. The minimum atomic E-state index is -0.787. The summed E-state index contributed by atoms with van der Waals surface area (Å²) in [4.78, 5) is 38.3. The number of nitrogens with one attached hydrogen (secondary N) is 2. The number of carbonyl (C=O) groups is 3. The Morgan fingerprint density at radius 2 is 2.00 bits per heavy atom. The van der Waals surface area contributed by atoms with Gasteiger partial charge in [0.1, 0.15) is 5.92 Å². The van der Waals surface area contributed by atoms with Crippen LogP contribution in [0.3, 0.4) is 0 Å². The van der Waals surface area contributed by atoms with Gasteiger partial charge in [0.15, 0.2) is 0 Å². The Balaban J connectivity index is 0.00000392. The van der Waals surface area contributed by atoms with E-state index in [4.69, 9.17) is 6.42 Å². The van der Waals surface area contributed by atoms with E-state index in [0.29, 0.717) is 25.4 Å². The molecule has 0 aliphatic carbocycles. The van der Waals surface area contributed by atoms with Crippen molar-refractivity contribution in [1.29, 1.82) is 0 Å². The molecular formula is C20H32ClN3O4. The van der Waals surface area contributed by atoms with Gasteiger partial charge < -0.3 is 20.3 Å². The predicted molar refractivity (Wildman–Crippen MR) is 109 cm³/mol. The van der Waals surface area contributed by atoms with Crippen LogP contribution >= 0.6 is 12.4 Å². The Labute approximate surface area is 173 Å². The zero-order chi connectivity index (χ0) is 19.6. The van der Waals surface area contributed by atoms with E-state index in [-0.39, 0.29) is 36.7 Å². The second kappa shape index (κ2) is 12.6. The van der Waals surface area contributed by atoms with Crippen molar-refractivity contribution in [2.75, 3.05) is 39.8 Å². The van der Waals surface area contributed by atoms with Gasteiger partial charge in [0.05, 0.1) is 13.0 Å². The van der Waals surface area contributed by atoms with Crippen molar-refractivity contribution in [1.82, 2.24) is 15.5 Å². The molecule has 2 aliphatic heterocycles. The third-order valence-electron chi connectivity index (χ3n) is 5.54. The molecule has 2 fully saturated rings. The van der Waals surface area contributed by atoms with Gasteiger partial charge in [-0.15, -0.1) is 18.8 Å². The maximum absolute atomic E-state index is 12.5. The summed E-state index contributed by atoms with van der Waals surface area (Å²) >= 11 is 0. The average molecular weight is 414 g/mol. The molecule has 0 saturated carbocycles. The molecule has 0 unspecified atom stereocenters. The first-order chi connectivity index (χ1) is 13.0. The largest absolute Gasteiger partial charge is 0.468 e. The number of rotatable bonds is 7. The Morgan fingerprint density at radius 1 is 1.29 bits per heavy atom. The highest BCUT2D eigenvalue weighted by molar-refractivity contribution is 5.85. The van der Waals surface area contributed by atoms with Gasteiger partial charge in [-0.25, -0.2) is 0 Å². The van der Waals surface area contributed by atoms with E-state index in [1.54, 1.807) is 0 Å². The monoisotopic (exact) mass is 413 g/mol. The Kier molecular flexibility index (Phi) is 10.9. The normalized spacial score (nSPS) is 21.0. The quantitative estimate of drug-likeness (QED) is 0.479. The molecule has 158 valence electrons. The van der Waals surface area contributed by atoms with Crippen LogP contribution in [0, 0.1) is 30.1 Å². The summed E-state index contributed by atoms with van der Waals surface area (Å²) in [5.74, 6) is 1.36. The van der Waals surface area contributed by atoms with Crippen molar-refractivity contribution >= 4 is 30.2 Å². The molecule has 7 nitrogen and oxygen atoms in total. The number of nitrogens with zero attached hydrogens (tertiary/aromatic N) is 1. The van der Waals surface area contributed by atoms with Crippen molar-refractivity contribution in [3.8, 4) is 12.3 Å². The third-order valence-corrected chi connectivity index (χ3v) is 5.54. The molecule has 0 aromatic rings. The van der Waals surface area contributed by atoms with Gasteiger partial charge in [-0.2, -0.15) is 0 Å². The van der Waals surface area contributed by atoms with Gasteiger partial charge >= 0.3 is 5.97 Å². The summed E-state index contributed by atoms with van der Waals surface area (Å²) in [6.07, 6.45) is 10.6. The number of halogens is 1. The van der Waals surface area contributed by atoms with Crippen LogP contribution in [0.4, 0.5) is 0 Å². The van der Waals surface area contributed by atoms with Gasteiger partial charge in [0, 0.05) is 26.1 Å². The molecule has 2 N–H and O–H groups in total. The van der Waals surface area contributed by atoms with Crippen molar-refractivity contribution in [3.05, 3.63) is 0 Å². The first-order valence-electron chi connectivity index (χ1n) is 9.85. The van der Waals surface area contributed by atoms with Gasteiger partial charge in [0.2, 0.25) is 11.8 Å². The Hall–Kier alpha value is -1.78. The third kappa shape index (κ3) is 7.33. The van der Waals surface area contributed by atoms with E-state index in [2.05, 4.69) is 21.3 Å². The number of hydrogen-bond donors (Lipinski definition) is 2. The maximum Gasteiger partial charge on any atom is 0.322 e. The molecule has 0 aromatic heterocycles. The predicted octanol–water partition coefficient (Wildman–Crippen LogP) is 0.965. The van der Waals surface area contributed by atoms with E-state index in [9.17, 15) is 14.4 Å². The smallest absolute Gasteiger partial charge is 0.322 e.